The fourth-order valence-corrected chi connectivity index (χ4v) is 4.49. The van der Waals surface area contributed by atoms with Gasteiger partial charge in [-0.2, -0.15) is 0 Å². The Bertz CT molecular complexity index is 921. The third kappa shape index (κ3) is 5.64. The van der Waals surface area contributed by atoms with E-state index >= 15 is 0 Å². The van der Waals surface area contributed by atoms with Crippen molar-refractivity contribution in [3.8, 4) is 0 Å². The van der Waals surface area contributed by atoms with Crippen molar-refractivity contribution in [3.05, 3.63) is 47.0 Å². The van der Waals surface area contributed by atoms with Crippen LogP contribution in [0.3, 0.4) is 0 Å². The zero-order valence-electron chi connectivity index (χ0n) is 19.4. The van der Waals surface area contributed by atoms with E-state index in [4.69, 9.17) is 11.6 Å². The lowest BCUT2D eigenvalue weighted by Crippen LogP contribution is -2.50. The van der Waals surface area contributed by atoms with Gasteiger partial charge in [0.25, 0.3) is 0 Å². The Kier molecular flexibility index (Phi) is 8.30. The van der Waals surface area contributed by atoms with E-state index in [0.29, 0.717) is 17.9 Å². The second kappa shape index (κ2) is 11.0. The molecular formula is C25H32ClN3O4. The summed E-state index contributed by atoms with van der Waals surface area (Å²) in [5, 5.41) is 3.42. The summed E-state index contributed by atoms with van der Waals surface area (Å²) >= 11 is 6.31. The quantitative estimate of drug-likeness (QED) is 0.440. The monoisotopic (exact) mass is 473 g/mol. The number of rotatable bonds is 9. The Morgan fingerprint density at radius 2 is 1.73 bits per heavy atom. The van der Waals surface area contributed by atoms with Crippen molar-refractivity contribution in [3.63, 3.8) is 0 Å². The highest BCUT2D eigenvalue weighted by Crippen LogP contribution is 2.35. The van der Waals surface area contributed by atoms with Gasteiger partial charge in [-0.05, 0) is 44.7 Å². The number of nitrogens with zero attached hydrogens (tertiary/aromatic N) is 2. The normalized spacial score (nSPS) is 21.5. The molecule has 33 heavy (non-hydrogen) atoms. The molecule has 7 nitrogen and oxygen atoms in total. The van der Waals surface area contributed by atoms with Gasteiger partial charge in [0.15, 0.2) is 0 Å². The average Bonchev–Trinajstić information content (AvgIpc) is 3.06. The zero-order valence-corrected chi connectivity index (χ0v) is 20.2. The summed E-state index contributed by atoms with van der Waals surface area (Å²) in [6, 6.07) is 6.42. The van der Waals surface area contributed by atoms with Gasteiger partial charge in [-0.1, -0.05) is 48.9 Å². The average molecular weight is 474 g/mol. The first kappa shape index (κ1) is 25.0. The molecule has 8 heteroatoms. The van der Waals surface area contributed by atoms with E-state index < -0.39 is 6.04 Å². The predicted molar refractivity (Wildman–Crippen MR) is 126 cm³/mol. The molecule has 0 bridgehead atoms. The summed E-state index contributed by atoms with van der Waals surface area (Å²) < 4.78 is 0. The van der Waals surface area contributed by atoms with E-state index in [1.54, 1.807) is 19.1 Å². The molecule has 3 rings (SSSR count). The highest BCUT2D eigenvalue weighted by molar-refractivity contribution is 6.31. The highest BCUT2D eigenvalue weighted by Gasteiger charge is 2.47. The first-order chi connectivity index (χ1) is 15.7. The third-order valence-corrected chi connectivity index (χ3v) is 6.98. The molecule has 1 aromatic carbocycles. The number of likely N-dealkylation sites (tertiary alicyclic amines) is 1. The molecule has 0 spiro atoms. The van der Waals surface area contributed by atoms with E-state index in [2.05, 4.69) is 5.32 Å². The van der Waals surface area contributed by atoms with Gasteiger partial charge in [-0.25, -0.2) is 0 Å². The number of fused-ring (bicyclic) bond motifs is 1. The van der Waals surface area contributed by atoms with Gasteiger partial charge in [0.05, 0.1) is 11.8 Å². The Labute approximate surface area is 200 Å². The molecule has 178 valence electrons. The molecule has 0 aromatic heterocycles. The van der Waals surface area contributed by atoms with Gasteiger partial charge in [-0.15, -0.1) is 0 Å². The van der Waals surface area contributed by atoms with E-state index in [-0.39, 0.29) is 61.0 Å². The minimum Gasteiger partial charge on any atom is -0.352 e. The van der Waals surface area contributed by atoms with Gasteiger partial charge in [-0.3, -0.25) is 24.1 Å². The number of carbonyl (C=O) groups excluding carboxylic acids is 4. The standard InChI is InChI=1S/C25H32ClN3O4/c1-4-16(2)27-23(31)17(3)29(15-18-9-5-8-12-21(18)26)22(30)13-14-28-24(32)19-10-6-7-11-20(19)25(28)33/h5-9,12,16-17,19-20H,4,10-11,13-15H2,1-3H3,(H,27,31)/t16-,17-,19-,20+/m0/s1. The Morgan fingerprint density at radius 3 is 2.30 bits per heavy atom. The molecule has 0 unspecified atom stereocenters. The van der Waals surface area contributed by atoms with Crippen molar-refractivity contribution >= 4 is 35.2 Å². The van der Waals surface area contributed by atoms with Crippen LogP contribution in [0.4, 0.5) is 0 Å². The van der Waals surface area contributed by atoms with Crippen LogP contribution in [0, 0.1) is 11.8 Å². The van der Waals surface area contributed by atoms with Crippen LogP contribution >= 0.6 is 11.6 Å². The largest absolute Gasteiger partial charge is 0.352 e. The van der Waals surface area contributed by atoms with Gasteiger partial charge in [0, 0.05) is 30.6 Å². The molecule has 1 fully saturated rings. The maximum atomic E-state index is 13.3. The maximum Gasteiger partial charge on any atom is 0.242 e. The molecule has 0 radical (unpaired) electrons. The maximum absolute atomic E-state index is 13.3. The second-order valence-corrected chi connectivity index (χ2v) is 9.25. The zero-order chi connectivity index (χ0) is 24.1. The number of hydrogen-bond acceptors (Lipinski definition) is 4. The highest BCUT2D eigenvalue weighted by atomic mass is 35.5. The number of allylic oxidation sites excluding steroid dienone is 2. The van der Waals surface area contributed by atoms with Crippen LogP contribution in [-0.2, 0) is 25.7 Å². The summed E-state index contributed by atoms with van der Waals surface area (Å²) in [4.78, 5) is 54.2. The molecule has 2 aliphatic rings. The van der Waals surface area contributed by atoms with E-state index in [0.717, 1.165) is 12.0 Å². The van der Waals surface area contributed by atoms with Crippen LogP contribution in [0.25, 0.3) is 0 Å². The van der Waals surface area contributed by atoms with Crippen molar-refractivity contribution in [1.82, 2.24) is 15.1 Å². The molecule has 4 atom stereocenters. The van der Waals surface area contributed by atoms with Gasteiger partial charge in [0.2, 0.25) is 23.6 Å². The summed E-state index contributed by atoms with van der Waals surface area (Å²) in [5.74, 6) is -1.62. The molecule has 1 aliphatic heterocycles. The number of benzene rings is 1. The lowest BCUT2D eigenvalue weighted by molar-refractivity contribution is -0.143. The Balaban J connectivity index is 1.73. The van der Waals surface area contributed by atoms with Crippen LogP contribution in [-0.4, -0.2) is 52.1 Å². The summed E-state index contributed by atoms with van der Waals surface area (Å²) in [6.45, 7) is 5.73. The minimum atomic E-state index is -0.737. The molecule has 1 heterocycles. The molecule has 1 N–H and O–H groups in total. The van der Waals surface area contributed by atoms with Crippen LogP contribution in [0.15, 0.2) is 36.4 Å². The van der Waals surface area contributed by atoms with E-state index in [9.17, 15) is 19.2 Å². The lowest BCUT2D eigenvalue weighted by atomic mass is 9.85. The molecule has 1 aromatic rings. The summed E-state index contributed by atoms with van der Waals surface area (Å²) in [5.41, 5.74) is 0.723. The number of halogens is 1. The fraction of sp³-hybridized carbons (Fsp3) is 0.520. The summed E-state index contributed by atoms with van der Waals surface area (Å²) in [7, 11) is 0. The molecule has 1 saturated heterocycles. The molecule has 4 amide bonds. The SMILES string of the molecule is CC[C@H](C)NC(=O)[C@H](C)N(Cc1ccccc1Cl)C(=O)CCN1C(=O)[C@H]2CC=CC[C@H]2C1=O. The second-order valence-electron chi connectivity index (χ2n) is 8.84. The van der Waals surface area contributed by atoms with Crippen LogP contribution in [0.2, 0.25) is 5.02 Å². The molecular weight excluding hydrogens is 442 g/mol. The Hall–Kier alpha value is -2.67. The topological polar surface area (TPSA) is 86.8 Å². The van der Waals surface area contributed by atoms with Crippen molar-refractivity contribution in [1.29, 1.82) is 0 Å². The van der Waals surface area contributed by atoms with Crippen LogP contribution in [0.5, 0.6) is 0 Å². The van der Waals surface area contributed by atoms with Crippen molar-refractivity contribution < 1.29 is 19.2 Å². The van der Waals surface area contributed by atoms with E-state index in [1.165, 1.54) is 9.80 Å². The number of nitrogens with one attached hydrogen (secondary N) is 1. The third-order valence-electron chi connectivity index (χ3n) is 6.61. The molecule has 1 aliphatic carbocycles. The minimum absolute atomic E-state index is 0.0161. The lowest BCUT2D eigenvalue weighted by Gasteiger charge is -2.30. The van der Waals surface area contributed by atoms with Gasteiger partial charge < -0.3 is 10.2 Å². The van der Waals surface area contributed by atoms with E-state index in [1.807, 2.05) is 38.1 Å². The van der Waals surface area contributed by atoms with Crippen molar-refractivity contribution in [2.45, 2.75) is 65.1 Å². The van der Waals surface area contributed by atoms with Crippen molar-refractivity contribution in [2.24, 2.45) is 11.8 Å². The number of imide groups is 1. The first-order valence-corrected chi connectivity index (χ1v) is 12.0. The van der Waals surface area contributed by atoms with Crippen molar-refractivity contribution in [2.75, 3.05) is 6.54 Å². The van der Waals surface area contributed by atoms with Crippen LogP contribution < -0.4 is 5.32 Å². The number of hydrogen-bond donors (Lipinski definition) is 1. The number of amides is 4. The van der Waals surface area contributed by atoms with Crippen LogP contribution in [0.1, 0.15) is 52.0 Å². The smallest absolute Gasteiger partial charge is 0.242 e. The van der Waals surface area contributed by atoms with Gasteiger partial charge in [0.1, 0.15) is 6.04 Å². The fourth-order valence-electron chi connectivity index (χ4n) is 4.30. The molecule has 0 saturated carbocycles. The Morgan fingerprint density at radius 1 is 1.12 bits per heavy atom. The first-order valence-electron chi connectivity index (χ1n) is 11.6. The number of carbonyl (C=O) groups is 4. The predicted octanol–water partition coefficient (Wildman–Crippen LogP) is 3.31. The summed E-state index contributed by atoms with van der Waals surface area (Å²) in [6.07, 6.45) is 5.72. The van der Waals surface area contributed by atoms with Gasteiger partial charge >= 0.3 is 0 Å².